The number of aromatic nitrogens is 2. The molecule has 0 atom stereocenters. The van der Waals surface area contributed by atoms with E-state index >= 15 is 0 Å². The van der Waals surface area contributed by atoms with Crippen LogP contribution in [0.5, 0.6) is 0 Å². The van der Waals surface area contributed by atoms with Crippen molar-refractivity contribution >= 4 is 11.5 Å². The van der Waals surface area contributed by atoms with Gasteiger partial charge in [0.15, 0.2) is 5.82 Å². The van der Waals surface area contributed by atoms with Gasteiger partial charge in [-0.25, -0.2) is 4.39 Å². The van der Waals surface area contributed by atoms with Gasteiger partial charge >= 0.3 is 0 Å². The lowest BCUT2D eigenvalue weighted by molar-refractivity contribution is 0.618. The van der Waals surface area contributed by atoms with Crippen LogP contribution in [0.2, 0.25) is 0 Å². The van der Waals surface area contributed by atoms with E-state index in [2.05, 4.69) is 20.0 Å². The van der Waals surface area contributed by atoms with Crippen LogP contribution in [0.25, 0.3) is 0 Å². The highest BCUT2D eigenvalue weighted by Crippen LogP contribution is 2.21. The van der Waals surface area contributed by atoms with E-state index < -0.39 is 0 Å². The van der Waals surface area contributed by atoms with Gasteiger partial charge in [-0.3, -0.25) is 0 Å². The van der Waals surface area contributed by atoms with Gasteiger partial charge in [-0.2, -0.15) is 10.4 Å². The normalized spacial score (nSPS) is 14.8. The van der Waals surface area contributed by atoms with Crippen LogP contribution in [0, 0.1) is 24.1 Å². The number of anilines is 2. The molecule has 3 rings (SSSR count). The van der Waals surface area contributed by atoms with Gasteiger partial charge in [0.1, 0.15) is 5.82 Å². The number of benzene rings is 1. The van der Waals surface area contributed by atoms with E-state index in [-0.39, 0.29) is 5.82 Å². The number of piperazine rings is 1. The molecule has 0 aliphatic carbocycles. The molecule has 5 nitrogen and oxygen atoms in total. The van der Waals surface area contributed by atoms with Gasteiger partial charge in [-0.1, -0.05) is 0 Å². The van der Waals surface area contributed by atoms with Gasteiger partial charge < -0.3 is 9.80 Å². The van der Waals surface area contributed by atoms with E-state index in [0.717, 1.165) is 43.4 Å². The van der Waals surface area contributed by atoms with Crippen LogP contribution in [0.1, 0.15) is 11.3 Å². The van der Waals surface area contributed by atoms with Crippen LogP contribution in [0.3, 0.4) is 0 Å². The van der Waals surface area contributed by atoms with Gasteiger partial charge in [0.05, 0.1) is 17.3 Å². The Morgan fingerprint density at radius 2 is 1.77 bits per heavy atom. The number of nitriles is 1. The van der Waals surface area contributed by atoms with E-state index in [0.29, 0.717) is 5.56 Å². The van der Waals surface area contributed by atoms with Crippen LogP contribution in [0.4, 0.5) is 15.9 Å². The van der Waals surface area contributed by atoms with Crippen LogP contribution in [-0.4, -0.2) is 36.4 Å². The third-order valence-electron chi connectivity index (χ3n) is 3.76. The van der Waals surface area contributed by atoms with Crippen LogP contribution >= 0.6 is 0 Å². The monoisotopic (exact) mass is 297 g/mol. The number of rotatable bonds is 2. The largest absolute Gasteiger partial charge is 0.368 e. The lowest BCUT2D eigenvalue weighted by Gasteiger charge is -2.36. The van der Waals surface area contributed by atoms with Crippen molar-refractivity contribution in [3.8, 4) is 6.07 Å². The lowest BCUT2D eigenvalue weighted by atomic mass is 10.1. The number of hydrogen-bond acceptors (Lipinski definition) is 5. The quantitative estimate of drug-likeness (QED) is 0.850. The van der Waals surface area contributed by atoms with Gasteiger partial charge in [0.25, 0.3) is 0 Å². The number of aryl methyl sites for hydroxylation is 1. The Bertz CT molecular complexity index is 699. The van der Waals surface area contributed by atoms with Crippen molar-refractivity contribution in [2.75, 3.05) is 36.0 Å². The molecule has 1 fully saturated rings. The molecule has 0 spiro atoms. The smallest absolute Gasteiger partial charge is 0.151 e. The molecule has 1 saturated heterocycles. The molecule has 1 aliphatic rings. The molecule has 0 bridgehead atoms. The minimum Gasteiger partial charge on any atom is -0.368 e. The molecule has 112 valence electrons. The van der Waals surface area contributed by atoms with Crippen molar-refractivity contribution in [2.45, 2.75) is 6.92 Å². The molecule has 0 amide bonds. The molecular formula is C16H16FN5. The Balaban J connectivity index is 1.70. The first-order valence-electron chi connectivity index (χ1n) is 7.16. The number of halogens is 1. The Kier molecular flexibility index (Phi) is 3.88. The second-order valence-corrected chi connectivity index (χ2v) is 5.32. The van der Waals surface area contributed by atoms with Crippen LogP contribution in [-0.2, 0) is 0 Å². The van der Waals surface area contributed by atoms with Gasteiger partial charge in [0, 0.05) is 31.9 Å². The first-order chi connectivity index (χ1) is 10.7. The zero-order valence-corrected chi connectivity index (χ0v) is 12.3. The second-order valence-electron chi connectivity index (χ2n) is 5.32. The standard InChI is InChI=1S/C16H16FN5/c1-12-2-3-16(20-19-12)22-6-4-21(5-7-22)15-9-13(11-18)8-14(17)10-15/h2-3,8-10H,4-7H2,1H3. The third kappa shape index (κ3) is 2.98. The van der Waals surface area contributed by atoms with Crippen LogP contribution in [0.15, 0.2) is 30.3 Å². The van der Waals surface area contributed by atoms with Crippen molar-refractivity contribution in [3.05, 3.63) is 47.4 Å². The van der Waals surface area contributed by atoms with Crippen molar-refractivity contribution in [2.24, 2.45) is 0 Å². The summed E-state index contributed by atoms with van der Waals surface area (Å²) in [7, 11) is 0. The summed E-state index contributed by atoms with van der Waals surface area (Å²) in [5.74, 6) is 0.489. The van der Waals surface area contributed by atoms with Crippen molar-refractivity contribution < 1.29 is 4.39 Å². The Morgan fingerprint density at radius 3 is 2.41 bits per heavy atom. The number of nitrogens with zero attached hydrogens (tertiary/aromatic N) is 5. The summed E-state index contributed by atoms with van der Waals surface area (Å²) >= 11 is 0. The van der Waals surface area contributed by atoms with Gasteiger partial charge in [-0.15, -0.1) is 5.10 Å². The molecule has 22 heavy (non-hydrogen) atoms. The summed E-state index contributed by atoms with van der Waals surface area (Å²) < 4.78 is 13.5. The molecule has 0 saturated carbocycles. The summed E-state index contributed by atoms with van der Waals surface area (Å²) in [6, 6.07) is 10.4. The van der Waals surface area contributed by atoms with E-state index in [4.69, 9.17) is 5.26 Å². The van der Waals surface area contributed by atoms with Gasteiger partial charge in [0.2, 0.25) is 0 Å². The third-order valence-corrected chi connectivity index (χ3v) is 3.76. The molecule has 1 aliphatic heterocycles. The fraction of sp³-hybridized carbons (Fsp3) is 0.312. The van der Waals surface area contributed by atoms with Gasteiger partial charge in [-0.05, 0) is 37.3 Å². The SMILES string of the molecule is Cc1ccc(N2CCN(c3cc(F)cc(C#N)c3)CC2)nn1. The molecule has 1 aromatic heterocycles. The Hall–Kier alpha value is -2.68. The zero-order chi connectivity index (χ0) is 15.5. The highest BCUT2D eigenvalue weighted by atomic mass is 19.1. The van der Waals surface area contributed by atoms with Crippen molar-refractivity contribution in [3.63, 3.8) is 0 Å². The summed E-state index contributed by atoms with van der Waals surface area (Å²) in [5.41, 5.74) is 2.00. The minimum absolute atomic E-state index is 0.349. The maximum absolute atomic E-state index is 13.5. The summed E-state index contributed by atoms with van der Waals surface area (Å²) in [4.78, 5) is 4.25. The van der Waals surface area contributed by atoms with E-state index in [1.165, 1.54) is 12.1 Å². The second kappa shape index (κ2) is 5.98. The highest BCUT2D eigenvalue weighted by molar-refractivity contribution is 5.53. The molecule has 6 heteroatoms. The maximum atomic E-state index is 13.5. The molecule has 0 N–H and O–H groups in total. The van der Waals surface area contributed by atoms with Crippen molar-refractivity contribution in [1.29, 1.82) is 5.26 Å². The predicted molar refractivity (Wildman–Crippen MR) is 82.3 cm³/mol. The number of hydrogen-bond donors (Lipinski definition) is 0. The topological polar surface area (TPSA) is 56.0 Å². The van der Waals surface area contributed by atoms with Crippen molar-refractivity contribution in [1.82, 2.24) is 10.2 Å². The average Bonchev–Trinajstić information content (AvgIpc) is 2.55. The zero-order valence-electron chi connectivity index (χ0n) is 12.3. The first kappa shape index (κ1) is 14.3. The summed E-state index contributed by atoms with van der Waals surface area (Å²) in [5, 5.41) is 17.2. The van der Waals surface area contributed by atoms with E-state index in [1.54, 1.807) is 6.07 Å². The minimum atomic E-state index is -0.374. The van der Waals surface area contributed by atoms with Crippen LogP contribution < -0.4 is 9.80 Å². The summed E-state index contributed by atoms with van der Waals surface area (Å²) in [6.45, 7) is 4.99. The average molecular weight is 297 g/mol. The molecule has 2 heterocycles. The first-order valence-corrected chi connectivity index (χ1v) is 7.16. The van der Waals surface area contributed by atoms with E-state index in [1.807, 2.05) is 25.1 Å². The maximum Gasteiger partial charge on any atom is 0.151 e. The molecule has 0 radical (unpaired) electrons. The molecule has 2 aromatic rings. The fourth-order valence-corrected chi connectivity index (χ4v) is 2.58. The Labute approximate surface area is 128 Å². The lowest BCUT2D eigenvalue weighted by Crippen LogP contribution is -2.47. The van der Waals surface area contributed by atoms with E-state index in [9.17, 15) is 4.39 Å². The molecular weight excluding hydrogens is 281 g/mol. The fourth-order valence-electron chi connectivity index (χ4n) is 2.58. The predicted octanol–water partition coefficient (Wildman–Crippen LogP) is 2.12. The highest BCUT2D eigenvalue weighted by Gasteiger charge is 2.19. The molecule has 0 unspecified atom stereocenters. The molecule has 1 aromatic carbocycles. The summed E-state index contributed by atoms with van der Waals surface area (Å²) in [6.07, 6.45) is 0. The Morgan fingerprint density at radius 1 is 1.05 bits per heavy atom.